The van der Waals surface area contributed by atoms with Gasteiger partial charge in [-0.25, -0.2) is 9.97 Å². The fraction of sp³-hybridized carbons (Fsp3) is 0.739. The molecule has 0 radical (unpaired) electrons. The highest BCUT2D eigenvalue weighted by Crippen LogP contribution is 2.64. The zero-order valence-corrected chi connectivity index (χ0v) is 18.0. The van der Waals surface area contributed by atoms with E-state index in [9.17, 15) is 0 Å². The van der Waals surface area contributed by atoms with Gasteiger partial charge in [-0.15, -0.1) is 0 Å². The second-order valence-electron chi connectivity index (χ2n) is 9.81. The second-order valence-corrected chi connectivity index (χ2v) is 10.2. The largest absolute Gasteiger partial charge is 0.351 e. The van der Waals surface area contributed by atoms with Gasteiger partial charge in [0.25, 0.3) is 0 Å². The Morgan fingerprint density at radius 3 is 2.52 bits per heavy atom. The predicted octanol–water partition coefficient (Wildman–Crippen LogP) is 3.32. The maximum atomic E-state index is 6.20. The Bertz CT molecular complexity index is 802. The van der Waals surface area contributed by atoms with Crippen LogP contribution >= 0.6 is 11.6 Å². The number of likely N-dealkylation sites (tertiary alicyclic amines) is 1. The van der Waals surface area contributed by atoms with Crippen LogP contribution in [0.15, 0.2) is 23.5 Å². The van der Waals surface area contributed by atoms with Gasteiger partial charge in [0, 0.05) is 51.7 Å². The summed E-state index contributed by atoms with van der Waals surface area (Å²) in [6.07, 6.45) is 10.5. The second kappa shape index (κ2) is 7.51. The van der Waals surface area contributed by atoms with Gasteiger partial charge in [0.2, 0.25) is 0 Å². The Kier molecular flexibility index (Phi) is 4.81. The lowest BCUT2D eigenvalue weighted by Gasteiger charge is -2.37. The highest BCUT2D eigenvalue weighted by Gasteiger charge is 2.57. The van der Waals surface area contributed by atoms with Crippen molar-refractivity contribution in [1.82, 2.24) is 19.8 Å². The average Bonchev–Trinajstić information content (AvgIpc) is 3.46. The van der Waals surface area contributed by atoms with Gasteiger partial charge in [-0.3, -0.25) is 9.80 Å². The summed E-state index contributed by atoms with van der Waals surface area (Å²) in [5, 5.41) is 0.522. The molecule has 2 aliphatic heterocycles. The van der Waals surface area contributed by atoms with E-state index in [4.69, 9.17) is 11.6 Å². The van der Waals surface area contributed by atoms with Crippen molar-refractivity contribution >= 4 is 17.4 Å². The first-order valence-electron chi connectivity index (χ1n) is 11.7. The summed E-state index contributed by atoms with van der Waals surface area (Å²) in [5.41, 5.74) is 3.82. The van der Waals surface area contributed by atoms with Gasteiger partial charge in [-0.05, 0) is 68.9 Å². The highest BCUT2D eigenvalue weighted by atomic mass is 35.5. The Morgan fingerprint density at radius 1 is 0.897 bits per heavy atom. The third-order valence-electron chi connectivity index (χ3n) is 8.32. The molecule has 7 rings (SSSR count). The first kappa shape index (κ1) is 18.6. The number of allylic oxidation sites excluding steroid dienone is 1. The topological polar surface area (TPSA) is 35.5 Å². The quantitative estimate of drug-likeness (QED) is 0.528. The summed E-state index contributed by atoms with van der Waals surface area (Å²) < 4.78 is 0. The number of fused-ring (bicyclic) bond motifs is 1. The summed E-state index contributed by atoms with van der Waals surface area (Å²) in [7, 11) is 0. The molecular weight excluding hydrogens is 382 g/mol. The van der Waals surface area contributed by atoms with E-state index >= 15 is 0 Å². The smallest absolute Gasteiger partial charge is 0.171 e. The number of rotatable bonds is 6. The molecule has 156 valence electrons. The van der Waals surface area contributed by atoms with E-state index < -0.39 is 0 Å². The van der Waals surface area contributed by atoms with Gasteiger partial charge in [0.05, 0.1) is 0 Å². The van der Waals surface area contributed by atoms with Crippen molar-refractivity contribution < 1.29 is 0 Å². The summed E-state index contributed by atoms with van der Waals surface area (Å²) in [4.78, 5) is 16.2. The maximum absolute atomic E-state index is 6.20. The Morgan fingerprint density at radius 2 is 1.69 bits per heavy atom. The molecule has 2 saturated heterocycles. The van der Waals surface area contributed by atoms with E-state index in [0.29, 0.717) is 5.15 Å². The Labute approximate surface area is 179 Å². The normalized spacial score (nSPS) is 33.9. The van der Waals surface area contributed by atoms with E-state index in [1.165, 1.54) is 58.3 Å². The van der Waals surface area contributed by atoms with Gasteiger partial charge in [0.1, 0.15) is 0 Å². The van der Waals surface area contributed by atoms with E-state index in [2.05, 4.69) is 24.7 Å². The molecule has 2 bridgehead atoms. The highest BCUT2D eigenvalue weighted by molar-refractivity contribution is 6.31. The molecule has 0 amide bonds. The Hall–Kier alpha value is -1.17. The summed E-state index contributed by atoms with van der Waals surface area (Å²) >= 11 is 6.20. The molecule has 1 aromatic rings. The van der Waals surface area contributed by atoms with E-state index in [0.717, 1.165) is 55.7 Å². The van der Waals surface area contributed by atoms with Crippen molar-refractivity contribution in [2.45, 2.75) is 32.1 Å². The number of aromatic nitrogens is 2. The molecule has 3 heterocycles. The van der Waals surface area contributed by atoms with Crippen LogP contribution in [0.1, 0.15) is 32.1 Å². The molecule has 6 heteroatoms. The van der Waals surface area contributed by atoms with Crippen LogP contribution in [0.4, 0.5) is 5.82 Å². The molecule has 2 saturated carbocycles. The molecule has 0 spiro atoms. The zero-order chi connectivity index (χ0) is 19.4. The molecule has 0 aromatic carbocycles. The SMILES string of the molecule is Clc1nccnc1N1CCN(CCCCN2CC3=C4CCC(C3C2)C2CC42)CC1. The number of piperazine rings is 1. The van der Waals surface area contributed by atoms with Crippen LogP contribution in [0.2, 0.25) is 5.15 Å². The minimum absolute atomic E-state index is 0.522. The average molecular weight is 414 g/mol. The molecule has 29 heavy (non-hydrogen) atoms. The van der Waals surface area contributed by atoms with Crippen LogP contribution in [0, 0.1) is 23.7 Å². The lowest BCUT2D eigenvalue weighted by atomic mass is 9.68. The zero-order valence-electron chi connectivity index (χ0n) is 17.3. The molecule has 6 aliphatic rings. The first-order chi connectivity index (χ1) is 14.3. The van der Waals surface area contributed by atoms with Crippen molar-refractivity contribution in [3.8, 4) is 0 Å². The molecule has 4 unspecified atom stereocenters. The third-order valence-corrected chi connectivity index (χ3v) is 8.58. The fourth-order valence-electron chi connectivity index (χ4n) is 6.80. The molecule has 4 atom stereocenters. The molecule has 1 aromatic heterocycles. The number of halogens is 1. The number of unbranched alkanes of at least 4 members (excludes halogenated alkanes) is 1. The summed E-state index contributed by atoms with van der Waals surface area (Å²) in [6, 6.07) is 0. The van der Waals surface area contributed by atoms with Gasteiger partial charge < -0.3 is 4.90 Å². The van der Waals surface area contributed by atoms with Crippen molar-refractivity contribution in [2.75, 3.05) is 57.3 Å². The lowest BCUT2D eigenvalue weighted by Crippen LogP contribution is -2.47. The Balaban J connectivity index is 0.933. The molecule has 0 N–H and O–H groups in total. The summed E-state index contributed by atoms with van der Waals surface area (Å²) in [5.74, 6) is 4.98. The standard InChI is InChI=1S/C23H32ClN5/c24-22-23(26-6-5-25-22)29-11-9-27(10-12-29)7-1-2-8-28-14-20-16-3-4-17(21(20)15-28)19-13-18(16)19/h5-6,16,18-20H,1-4,7-15H2. The maximum Gasteiger partial charge on any atom is 0.171 e. The van der Waals surface area contributed by atoms with E-state index in [1.807, 2.05) is 11.1 Å². The fourth-order valence-corrected chi connectivity index (χ4v) is 7.03. The van der Waals surface area contributed by atoms with Crippen molar-refractivity contribution in [1.29, 1.82) is 0 Å². The minimum atomic E-state index is 0.522. The van der Waals surface area contributed by atoms with Crippen LogP contribution < -0.4 is 4.90 Å². The number of anilines is 1. The van der Waals surface area contributed by atoms with Crippen molar-refractivity contribution in [3.05, 3.63) is 28.7 Å². The van der Waals surface area contributed by atoms with Crippen molar-refractivity contribution in [3.63, 3.8) is 0 Å². The van der Waals surface area contributed by atoms with E-state index in [1.54, 1.807) is 12.4 Å². The monoisotopic (exact) mass is 413 g/mol. The number of hydrogen-bond donors (Lipinski definition) is 0. The van der Waals surface area contributed by atoms with Crippen LogP contribution in [0.5, 0.6) is 0 Å². The molecule has 5 nitrogen and oxygen atoms in total. The third kappa shape index (κ3) is 3.39. The molecule has 4 aliphatic carbocycles. The minimum Gasteiger partial charge on any atom is -0.351 e. The molecule has 4 fully saturated rings. The first-order valence-corrected chi connectivity index (χ1v) is 12.0. The predicted molar refractivity (Wildman–Crippen MR) is 116 cm³/mol. The van der Waals surface area contributed by atoms with Crippen LogP contribution in [-0.2, 0) is 0 Å². The number of nitrogens with zero attached hydrogens (tertiary/aromatic N) is 5. The van der Waals surface area contributed by atoms with Gasteiger partial charge >= 0.3 is 0 Å². The molecular formula is C23H32ClN5. The van der Waals surface area contributed by atoms with Gasteiger partial charge in [-0.1, -0.05) is 22.7 Å². The van der Waals surface area contributed by atoms with Crippen LogP contribution in [0.25, 0.3) is 0 Å². The van der Waals surface area contributed by atoms with Gasteiger partial charge in [-0.2, -0.15) is 0 Å². The van der Waals surface area contributed by atoms with Crippen LogP contribution in [0.3, 0.4) is 0 Å². The summed E-state index contributed by atoms with van der Waals surface area (Å²) in [6.45, 7) is 9.37. The van der Waals surface area contributed by atoms with Crippen molar-refractivity contribution in [2.24, 2.45) is 23.7 Å². The van der Waals surface area contributed by atoms with Gasteiger partial charge in [0.15, 0.2) is 11.0 Å². The number of hydrogen-bond acceptors (Lipinski definition) is 5. The van der Waals surface area contributed by atoms with E-state index in [-0.39, 0.29) is 0 Å². The lowest BCUT2D eigenvalue weighted by molar-refractivity contribution is 0.225. The van der Waals surface area contributed by atoms with Crippen LogP contribution in [-0.4, -0.2) is 72.1 Å².